The number of hydrogen-bond donors (Lipinski definition) is 1. The minimum absolute atomic E-state index is 0.126. The molecule has 0 bridgehead atoms. The Kier molecular flexibility index (Phi) is 3.06. The second-order valence-corrected chi connectivity index (χ2v) is 4.26. The van der Waals surface area contributed by atoms with E-state index >= 15 is 0 Å². The van der Waals surface area contributed by atoms with E-state index in [0.717, 1.165) is 5.56 Å². The van der Waals surface area contributed by atoms with Gasteiger partial charge in [-0.2, -0.15) is 0 Å². The molecule has 0 aliphatic carbocycles. The minimum atomic E-state index is -0.391. The van der Waals surface area contributed by atoms with Gasteiger partial charge in [0.05, 0.1) is 7.05 Å². The summed E-state index contributed by atoms with van der Waals surface area (Å²) in [7, 11) is 1.73. The molecule has 2 aromatic rings. The zero-order chi connectivity index (χ0) is 13.3. The van der Waals surface area contributed by atoms with Crippen LogP contribution in [0.2, 0.25) is 0 Å². The molecule has 1 heterocycles. The van der Waals surface area contributed by atoms with Crippen molar-refractivity contribution in [2.24, 2.45) is 7.05 Å². The molecule has 0 aliphatic rings. The van der Waals surface area contributed by atoms with Crippen molar-refractivity contribution in [3.05, 3.63) is 52.8 Å². The maximum atomic E-state index is 12.1. The van der Waals surface area contributed by atoms with Gasteiger partial charge in [-0.25, -0.2) is 9.30 Å². The number of nitrogens with one attached hydrogen (secondary N) is 1. The average Bonchev–Trinajstić information content (AvgIpc) is 2.56. The molecule has 18 heavy (non-hydrogen) atoms. The Labute approximate surface area is 105 Å². The summed E-state index contributed by atoms with van der Waals surface area (Å²) in [5.41, 5.74) is 2.43. The lowest BCUT2D eigenvalue weighted by molar-refractivity contribution is -0.607. The van der Waals surface area contributed by atoms with Crippen LogP contribution >= 0.6 is 0 Å². The van der Waals surface area contributed by atoms with Crippen LogP contribution < -0.4 is 10.0 Å². The topological polar surface area (TPSA) is 61.0 Å². The fourth-order valence-electron chi connectivity index (χ4n) is 1.79. The van der Waals surface area contributed by atoms with Gasteiger partial charge in [0.2, 0.25) is 12.0 Å². The van der Waals surface area contributed by atoms with E-state index in [1.807, 2.05) is 25.1 Å². The van der Waals surface area contributed by atoms with Crippen LogP contribution in [0.5, 0.6) is 0 Å². The molecule has 2 rings (SSSR count). The number of benzene rings is 1. The Morgan fingerprint density at radius 2 is 2.00 bits per heavy atom. The Morgan fingerprint density at radius 1 is 1.33 bits per heavy atom. The van der Waals surface area contributed by atoms with Gasteiger partial charge in [-0.3, -0.25) is 4.79 Å². The molecule has 0 radical (unpaired) electrons. The maximum absolute atomic E-state index is 12.1. The molecule has 5 heteroatoms. The van der Waals surface area contributed by atoms with Crippen molar-refractivity contribution in [1.82, 2.24) is 4.57 Å². The first-order valence-electron chi connectivity index (χ1n) is 5.62. The second-order valence-electron chi connectivity index (χ2n) is 4.26. The molecule has 0 saturated heterocycles. The van der Waals surface area contributed by atoms with Crippen molar-refractivity contribution in [1.29, 1.82) is 0 Å². The summed E-state index contributed by atoms with van der Waals surface area (Å²) in [6.07, 6.45) is 1.34. The highest BCUT2D eigenvalue weighted by Gasteiger charge is 2.21. The number of anilines is 1. The number of amides is 1. The zero-order valence-electron chi connectivity index (χ0n) is 10.6. The third-order valence-electron chi connectivity index (χ3n) is 2.98. The number of nitrogens with zero attached hydrogens (tertiary/aromatic N) is 2. The lowest BCUT2D eigenvalue weighted by Gasteiger charge is -2.08. The number of carbonyl (C=O) groups excluding carboxylic acids is 1. The van der Waals surface area contributed by atoms with Gasteiger partial charge in [0.1, 0.15) is 0 Å². The predicted octanol–water partition coefficient (Wildman–Crippen LogP) is 1.53. The van der Waals surface area contributed by atoms with Crippen LogP contribution in [0, 0.1) is 19.1 Å². The van der Waals surface area contributed by atoms with Crippen LogP contribution in [0.25, 0.3) is 0 Å². The predicted molar refractivity (Wildman–Crippen MR) is 68.2 cm³/mol. The highest BCUT2D eigenvalue weighted by atomic mass is 16.5. The van der Waals surface area contributed by atoms with Gasteiger partial charge >= 0.3 is 0 Å². The standard InChI is InChI=1S/C13H15N3O2/c1-9-6-4-5-7-11(9)14-13(17)12-10(2)15(3)8-16(12)18/h4-8H,1-3H3,(H,14,17). The van der Waals surface area contributed by atoms with Crippen LogP contribution in [0.4, 0.5) is 5.69 Å². The number of aromatic nitrogens is 2. The summed E-state index contributed by atoms with van der Waals surface area (Å²) >= 11 is 0. The summed E-state index contributed by atoms with van der Waals surface area (Å²) in [6.45, 7) is 3.64. The van der Waals surface area contributed by atoms with E-state index in [1.165, 1.54) is 6.33 Å². The number of imidazole rings is 1. The molecular formula is C13H15N3O2. The molecule has 1 aromatic heterocycles. The molecule has 94 valence electrons. The summed E-state index contributed by atoms with van der Waals surface area (Å²) in [4.78, 5) is 12.1. The largest absolute Gasteiger partial charge is 0.710 e. The lowest BCUT2D eigenvalue weighted by Crippen LogP contribution is -2.34. The first-order valence-corrected chi connectivity index (χ1v) is 5.62. The SMILES string of the molecule is Cc1ccccc1NC(=O)c1c(C)n(C)c[n+]1[O-]. The summed E-state index contributed by atoms with van der Waals surface area (Å²) in [5.74, 6) is -0.391. The Hall–Kier alpha value is -2.30. The van der Waals surface area contributed by atoms with Gasteiger partial charge in [-0.05, 0) is 18.6 Å². The van der Waals surface area contributed by atoms with E-state index in [0.29, 0.717) is 16.1 Å². The lowest BCUT2D eigenvalue weighted by atomic mass is 10.2. The number of aryl methyl sites for hydroxylation is 2. The van der Waals surface area contributed by atoms with Crippen molar-refractivity contribution >= 4 is 11.6 Å². The van der Waals surface area contributed by atoms with Crippen molar-refractivity contribution < 1.29 is 9.52 Å². The van der Waals surface area contributed by atoms with Gasteiger partial charge in [-0.1, -0.05) is 18.2 Å². The van der Waals surface area contributed by atoms with E-state index < -0.39 is 5.91 Å². The van der Waals surface area contributed by atoms with Crippen LogP contribution in [-0.2, 0) is 7.05 Å². The third-order valence-corrected chi connectivity index (χ3v) is 2.98. The van der Waals surface area contributed by atoms with Gasteiger partial charge in [0, 0.05) is 12.6 Å². The van der Waals surface area contributed by atoms with E-state index in [1.54, 1.807) is 24.6 Å². The Morgan fingerprint density at radius 3 is 2.56 bits per heavy atom. The average molecular weight is 245 g/mol. The molecule has 1 amide bonds. The third kappa shape index (κ3) is 2.07. The van der Waals surface area contributed by atoms with Crippen molar-refractivity contribution in [2.75, 3.05) is 5.32 Å². The second kappa shape index (κ2) is 4.52. The summed E-state index contributed by atoms with van der Waals surface area (Å²) in [6, 6.07) is 7.44. The van der Waals surface area contributed by atoms with E-state index in [9.17, 15) is 10.0 Å². The molecule has 5 nitrogen and oxygen atoms in total. The van der Waals surface area contributed by atoms with E-state index in [4.69, 9.17) is 0 Å². The molecule has 1 aromatic carbocycles. The first-order chi connectivity index (χ1) is 8.50. The summed E-state index contributed by atoms with van der Waals surface area (Å²) in [5, 5.41) is 14.4. The fourth-order valence-corrected chi connectivity index (χ4v) is 1.79. The monoisotopic (exact) mass is 245 g/mol. The van der Waals surface area contributed by atoms with Gasteiger partial charge < -0.3 is 10.5 Å². The summed E-state index contributed by atoms with van der Waals surface area (Å²) < 4.78 is 2.21. The molecule has 1 N–H and O–H groups in total. The zero-order valence-corrected chi connectivity index (χ0v) is 10.6. The van der Waals surface area contributed by atoms with E-state index in [2.05, 4.69) is 5.32 Å². The number of hydrogen-bond acceptors (Lipinski definition) is 2. The normalized spacial score (nSPS) is 10.4. The Bertz CT molecular complexity index is 602. The first kappa shape index (κ1) is 12.2. The molecule has 0 spiro atoms. The highest BCUT2D eigenvalue weighted by molar-refractivity contribution is 6.03. The van der Waals surface area contributed by atoms with Crippen molar-refractivity contribution in [3.8, 4) is 0 Å². The van der Waals surface area contributed by atoms with Crippen LogP contribution in [0.15, 0.2) is 30.6 Å². The minimum Gasteiger partial charge on any atom is -0.710 e. The van der Waals surface area contributed by atoms with Gasteiger partial charge in [0.15, 0.2) is 5.69 Å². The fraction of sp³-hybridized carbons (Fsp3) is 0.231. The quantitative estimate of drug-likeness (QED) is 0.644. The molecular weight excluding hydrogens is 230 g/mol. The number of rotatable bonds is 2. The van der Waals surface area contributed by atoms with Crippen LogP contribution in [0.3, 0.4) is 0 Å². The number of para-hydroxylation sites is 1. The Balaban J connectivity index is 2.31. The van der Waals surface area contributed by atoms with Crippen LogP contribution in [-0.4, -0.2) is 10.5 Å². The molecule has 0 aliphatic heterocycles. The maximum Gasteiger partial charge on any atom is 0.300 e. The van der Waals surface area contributed by atoms with Crippen LogP contribution in [0.1, 0.15) is 21.7 Å². The molecule has 0 fully saturated rings. The molecule has 0 unspecified atom stereocenters. The smallest absolute Gasteiger partial charge is 0.300 e. The van der Waals surface area contributed by atoms with Gasteiger partial charge in [-0.15, -0.1) is 0 Å². The number of carbonyl (C=O) groups is 1. The van der Waals surface area contributed by atoms with E-state index in [-0.39, 0.29) is 5.69 Å². The van der Waals surface area contributed by atoms with Crippen molar-refractivity contribution in [3.63, 3.8) is 0 Å². The van der Waals surface area contributed by atoms with Gasteiger partial charge in [0.25, 0.3) is 5.91 Å². The molecule has 0 atom stereocenters. The van der Waals surface area contributed by atoms with Crippen molar-refractivity contribution in [2.45, 2.75) is 13.8 Å². The molecule has 0 saturated carbocycles. The highest BCUT2D eigenvalue weighted by Crippen LogP contribution is 2.14.